The number of aromatic nitrogens is 3. The lowest BCUT2D eigenvalue weighted by molar-refractivity contribution is -0.118. The summed E-state index contributed by atoms with van der Waals surface area (Å²) in [5.41, 5.74) is 5.66. The summed E-state index contributed by atoms with van der Waals surface area (Å²) in [4.78, 5) is 14.3. The van der Waals surface area contributed by atoms with Crippen LogP contribution in [-0.2, 0) is 11.3 Å². The Morgan fingerprint density at radius 2 is 1.85 bits per heavy atom. The van der Waals surface area contributed by atoms with Crippen molar-refractivity contribution in [2.45, 2.75) is 25.5 Å². The summed E-state index contributed by atoms with van der Waals surface area (Å²) < 4.78 is 14.2. The molecule has 3 rings (SSSR count). The van der Waals surface area contributed by atoms with Crippen molar-refractivity contribution in [2.24, 2.45) is 5.10 Å². The van der Waals surface area contributed by atoms with E-state index >= 15 is 0 Å². The van der Waals surface area contributed by atoms with Gasteiger partial charge in [0.2, 0.25) is 11.1 Å². The van der Waals surface area contributed by atoms with Gasteiger partial charge in [-0.2, -0.15) is 5.10 Å². The van der Waals surface area contributed by atoms with Crippen LogP contribution in [0.2, 0.25) is 0 Å². The van der Waals surface area contributed by atoms with E-state index in [1.54, 1.807) is 18.3 Å². The van der Waals surface area contributed by atoms with Gasteiger partial charge in [0, 0.05) is 25.3 Å². The number of nitrogens with two attached hydrogens (primary N) is 1. The molecule has 3 aromatic rings. The van der Waals surface area contributed by atoms with Crippen molar-refractivity contribution in [1.29, 1.82) is 0 Å². The normalized spacial score (nSPS) is 11.0. The van der Waals surface area contributed by atoms with Gasteiger partial charge in [-0.3, -0.25) is 4.79 Å². The van der Waals surface area contributed by atoms with Gasteiger partial charge in [0.25, 0.3) is 5.95 Å². The molecule has 0 spiro atoms. The second-order valence-electron chi connectivity index (χ2n) is 7.00. The van der Waals surface area contributed by atoms with Crippen molar-refractivity contribution in [3.63, 3.8) is 0 Å². The zero-order valence-corrected chi connectivity index (χ0v) is 19.3. The van der Waals surface area contributed by atoms with Gasteiger partial charge < -0.3 is 16.1 Å². The minimum atomic E-state index is -0.315. The molecule has 4 N–H and O–H groups in total. The number of carbonyl (C=O) groups excluding carboxylic acids is 1. The lowest BCUT2D eigenvalue weighted by Crippen LogP contribution is -2.25. The van der Waals surface area contributed by atoms with E-state index in [0.29, 0.717) is 11.7 Å². The fourth-order valence-corrected chi connectivity index (χ4v) is 3.65. The molecule has 33 heavy (non-hydrogen) atoms. The van der Waals surface area contributed by atoms with E-state index in [9.17, 15) is 9.18 Å². The van der Waals surface area contributed by atoms with E-state index in [1.165, 1.54) is 16.8 Å². The highest BCUT2D eigenvalue weighted by Gasteiger charge is 2.12. The number of halogens is 1. The number of carbonyl (C=O) groups is 1. The van der Waals surface area contributed by atoms with E-state index < -0.39 is 0 Å². The third kappa shape index (κ3) is 6.94. The number of nitrogen functional groups attached to an aromatic ring is 1. The van der Waals surface area contributed by atoms with Crippen molar-refractivity contribution in [2.75, 3.05) is 35.0 Å². The summed E-state index contributed by atoms with van der Waals surface area (Å²) in [7, 11) is 0. The molecule has 174 valence electrons. The molecule has 0 unspecified atom stereocenters. The summed E-state index contributed by atoms with van der Waals surface area (Å²) in [6.45, 7) is 6.46. The lowest BCUT2D eigenvalue weighted by Gasteiger charge is -2.20. The zero-order valence-electron chi connectivity index (χ0n) is 18.5. The Morgan fingerprint density at radius 3 is 2.52 bits per heavy atom. The molecule has 0 fully saturated rings. The molecule has 1 amide bonds. The fourth-order valence-electron chi connectivity index (χ4n) is 2.96. The van der Waals surface area contributed by atoms with Gasteiger partial charge in [0.15, 0.2) is 0 Å². The molecule has 0 aliphatic carbocycles. The lowest BCUT2D eigenvalue weighted by atomic mass is 10.2. The van der Waals surface area contributed by atoms with Gasteiger partial charge in [-0.15, -0.1) is 10.2 Å². The maximum atomic E-state index is 12.9. The molecular formula is C22H27FN8OS. The molecule has 0 atom stereocenters. The minimum absolute atomic E-state index is 0.110. The number of hydrogen-bond acceptors (Lipinski definition) is 8. The number of anilines is 2. The van der Waals surface area contributed by atoms with Gasteiger partial charge in [0.05, 0.1) is 12.0 Å². The third-order valence-corrected chi connectivity index (χ3v) is 5.74. The van der Waals surface area contributed by atoms with Crippen molar-refractivity contribution in [3.05, 3.63) is 65.5 Å². The first-order valence-electron chi connectivity index (χ1n) is 10.5. The maximum absolute atomic E-state index is 12.9. The van der Waals surface area contributed by atoms with Crippen LogP contribution in [-0.4, -0.2) is 45.8 Å². The molecule has 1 heterocycles. The Balaban J connectivity index is 1.47. The largest absolute Gasteiger partial charge is 0.372 e. The molecule has 0 bridgehead atoms. The van der Waals surface area contributed by atoms with E-state index in [1.807, 2.05) is 12.1 Å². The first-order chi connectivity index (χ1) is 16.0. The van der Waals surface area contributed by atoms with E-state index in [2.05, 4.69) is 56.9 Å². The molecule has 0 saturated carbocycles. The molecular weight excluding hydrogens is 443 g/mol. The molecule has 1 aromatic heterocycles. The predicted octanol–water partition coefficient (Wildman–Crippen LogP) is 2.83. The number of rotatable bonds is 11. The monoisotopic (exact) mass is 470 g/mol. The van der Waals surface area contributed by atoms with Crippen LogP contribution in [0.15, 0.2) is 58.8 Å². The third-order valence-electron chi connectivity index (χ3n) is 4.80. The van der Waals surface area contributed by atoms with E-state index in [0.717, 1.165) is 41.7 Å². The number of nitrogens with zero attached hydrogens (tertiary/aromatic N) is 5. The van der Waals surface area contributed by atoms with Crippen LogP contribution in [0.1, 0.15) is 25.0 Å². The maximum Gasteiger partial charge on any atom is 0.264 e. The minimum Gasteiger partial charge on any atom is -0.372 e. The highest BCUT2D eigenvalue weighted by molar-refractivity contribution is 7.99. The quantitative estimate of drug-likeness (QED) is 0.171. The summed E-state index contributed by atoms with van der Waals surface area (Å²) >= 11 is 1.15. The first-order valence-corrected chi connectivity index (χ1v) is 11.5. The Bertz CT molecular complexity index is 1070. The van der Waals surface area contributed by atoms with Crippen LogP contribution < -0.4 is 21.5 Å². The van der Waals surface area contributed by atoms with E-state index in [-0.39, 0.29) is 23.4 Å². The number of amides is 1. The molecule has 0 saturated heterocycles. The summed E-state index contributed by atoms with van der Waals surface area (Å²) in [5.74, 6) is 5.84. The Kier molecular flexibility index (Phi) is 8.64. The Labute approximate surface area is 196 Å². The number of nitrogens with one attached hydrogen (secondary N) is 2. The number of benzene rings is 2. The van der Waals surface area contributed by atoms with Crippen LogP contribution in [0.25, 0.3) is 0 Å². The predicted molar refractivity (Wildman–Crippen MR) is 130 cm³/mol. The van der Waals surface area contributed by atoms with Gasteiger partial charge in [-0.05, 0) is 49.2 Å². The Morgan fingerprint density at radius 1 is 1.15 bits per heavy atom. The summed E-state index contributed by atoms with van der Waals surface area (Å²) in [5, 5.41) is 15.2. The van der Waals surface area contributed by atoms with Crippen LogP contribution in [0.4, 0.5) is 16.0 Å². The van der Waals surface area contributed by atoms with Crippen molar-refractivity contribution in [1.82, 2.24) is 20.2 Å². The molecule has 0 radical (unpaired) electrons. The first kappa shape index (κ1) is 24.1. The van der Waals surface area contributed by atoms with Crippen LogP contribution in [0, 0.1) is 5.82 Å². The fraction of sp³-hybridized carbons (Fsp3) is 0.273. The average molecular weight is 471 g/mol. The highest BCUT2D eigenvalue weighted by Crippen LogP contribution is 2.17. The molecule has 11 heteroatoms. The van der Waals surface area contributed by atoms with Crippen molar-refractivity contribution >= 4 is 35.5 Å². The summed E-state index contributed by atoms with van der Waals surface area (Å²) in [6.07, 6.45) is 1.66. The topological polar surface area (TPSA) is 113 Å². The van der Waals surface area contributed by atoms with Crippen molar-refractivity contribution in [3.8, 4) is 0 Å². The van der Waals surface area contributed by atoms with Crippen LogP contribution in [0.3, 0.4) is 0 Å². The number of thioether (sulfide) groups is 1. The number of hydrazone groups is 1. The summed E-state index contributed by atoms with van der Waals surface area (Å²) in [6, 6.07) is 14.0. The second kappa shape index (κ2) is 11.9. The molecule has 0 aliphatic rings. The van der Waals surface area contributed by atoms with Crippen LogP contribution >= 0.6 is 11.8 Å². The van der Waals surface area contributed by atoms with Gasteiger partial charge in [-0.1, -0.05) is 36.0 Å². The smallest absolute Gasteiger partial charge is 0.264 e. The Hall–Kier alpha value is -3.60. The zero-order chi connectivity index (χ0) is 23.6. The second-order valence-corrected chi connectivity index (χ2v) is 7.94. The SMILES string of the molecule is CCN(CC)c1ccc(/C=N/Nc2nnc(SCC(=O)NCc3ccc(F)cc3)n2N)cc1. The number of hydrogen-bond donors (Lipinski definition) is 3. The van der Waals surface area contributed by atoms with Gasteiger partial charge in [0.1, 0.15) is 5.82 Å². The van der Waals surface area contributed by atoms with Crippen molar-refractivity contribution < 1.29 is 9.18 Å². The van der Waals surface area contributed by atoms with Gasteiger partial charge >= 0.3 is 0 Å². The standard InChI is InChI=1S/C22H27FN8OS/c1-3-30(4-2)19-11-7-17(8-12-19)14-26-27-21-28-29-22(31(21)24)33-15-20(32)25-13-16-5-9-18(23)10-6-16/h5-12,14H,3-4,13,15,24H2,1-2H3,(H,25,32)(H,27,28)/b26-14+. The van der Waals surface area contributed by atoms with E-state index in [4.69, 9.17) is 5.84 Å². The average Bonchev–Trinajstić information content (AvgIpc) is 3.18. The van der Waals surface area contributed by atoms with Gasteiger partial charge in [-0.25, -0.2) is 14.5 Å². The molecule has 0 aliphatic heterocycles. The highest BCUT2D eigenvalue weighted by atomic mass is 32.2. The van der Waals surface area contributed by atoms with Crippen LogP contribution in [0.5, 0.6) is 0 Å². The molecule has 9 nitrogen and oxygen atoms in total. The molecule has 2 aromatic carbocycles.